The van der Waals surface area contributed by atoms with Crippen molar-refractivity contribution in [1.29, 1.82) is 5.26 Å². The summed E-state index contributed by atoms with van der Waals surface area (Å²) in [5.74, 6) is 0.916. The molecule has 2 N–H and O–H groups in total. The molecular weight excluding hydrogens is 444 g/mol. The van der Waals surface area contributed by atoms with Crippen LogP contribution < -0.4 is 24.7 Å². The summed E-state index contributed by atoms with van der Waals surface area (Å²) in [5, 5.41) is 9.86. The average molecular weight is 471 g/mol. The van der Waals surface area contributed by atoms with E-state index in [1.165, 1.54) is 0 Å². The lowest BCUT2D eigenvalue weighted by molar-refractivity contribution is -0.136. The Bertz CT molecular complexity index is 1260. The molecule has 0 radical (unpaired) electrons. The van der Waals surface area contributed by atoms with Gasteiger partial charge in [0.1, 0.15) is 34.6 Å². The molecule has 1 aliphatic rings. The van der Waals surface area contributed by atoms with Crippen LogP contribution in [0.25, 0.3) is 0 Å². The van der Waals surface area contributed by atoms with E-state index in [0.717, 1.165) is 24.0 Å². The molecule has 1 atom stereocenters. The molecule has 0 saturated carbocycles. The largest absolute Gasteiger partial charge is 0.493 e. The molecule has 0 spiro atoms. The minimum Gasteiger partial charge on any atom is -0.493 e. The number of benzene rings is 3. The van der Waals surface area contributed by atoms with Crippen molar-refractivity contribution in [2.24, 2.45) is 5.73 Å². The van der Waals surface area contributed by atoms with Crippen molar-refractivity contribution in [2.75, 3.05) is 13.2 Å². The quantitative estimate of drug-likeness (QED) is 0.265. The van der Waals surface area contributed by atoms with E-state index in [2.05, 4.69) is 13.0 Å². The van der Waals surface area contributed by atoms with Crippen LogP contribution in [0, 0.1) is 11.3 Å². The van der Waals surface area contributed by atoms with Crippen molar-refractivity contribution in [3.63, 3.8) is 0 Å². The predicted molar refractivity (Wildman–Crippen MR) is 130 cm³/mol. The number of nitrogens with zero attached hydrogens (tertiary/aromatic N) is 1. The highest BCUT2D eigenvalue weighted by atomic mass is 16.6. The van der Waals surface area contributed by atoms with Gasteiger partial charge in [0.15, 0.2) is 6.61 Å². The summed E-state index contributed by atoms with van der Waals surface area (Å²) >= 11 is 0. The van der Waals surface area contributed by atoms with Crippen LogP contribution in [-0.2, 0) is 4.79 Å². The van der Waals surface area contributed by atoms with E-state index in [9.17, 15) is 10.1 Å². The first-order chi connectivity index (χ1) is 17.1. The molecule has 1 aliphatic heterocycles. The van der Waals surface area contributed by atoms with Gasteiger partial charge in [0.05, 0.1) is 12.5 Å². The lowest BCUT2D eigenvalue weighted by atomic mass is 9.83. The summed E-state index contributed by atoms with van der Waals surface area (Å²) < 4.78 is 22.6. The number of nitrogens with two attached hydrogens (primary N) is 1. The molecule has 1 heterocycles. The number of carbonyl (C=O) groups is 1. The molecule has 4 rings (SSSR count). The average Bonchev–Trinajstić information content (AvgIpc) is 2.88. The fourth-order valence-electron chi connectivity index (χ4n) is 3.82. The summed E-state index contributed by atoms with van der Waals surface area (Å²) in [6.07, 6.45) is 1.93. The van der Waals surface area contributed by atoms with Crippen LogP contribution in [0.5, 0.6) is 23.0 Å². The van der Waals surface area contributed by atoms with Crippen LogP contribution in [0.1, 0.15) is 36.8 Å². The van der Waals surface area contributed by atoms with Gasteiger partial charge in [-0.25, -0.2) is 4.79 Å². The summed E-state index contributed by atoms with van der Waals surface area (Å²) in [7, 11) is 0. The van der Waals surface area contributed by atoms with Crippen LogP contribution >= 0.6 is 0 Å². The maximum Gasteiger partial charge on any atom is 0.349 e. The van der Waals surface area contributed by atoms with Crippen LogP contribution in [0.4, 0.5) is 0 Å². The first-order valence-corrected chi connectivity index (χ1v) is 11.4. The monoisotopic (exact) mass is 470 g/mol. The van der Waals surface area contributed by atoms with E-state index in [4.69, 9.17) is 24.7 Å². The predicted octanol–water partition coefficient (Wildman–Crippen LogP) is 5.07. The minimum absolute atomic E-state index is 0.00393. The third-order valence-electron chi connectivity index (χ3n) is 5.51. The lowest BCUT2D eigenvalue weighted by Gasteiger charge is -2.28. The maximum absolute atomic E-state index is 12.3. The number of rotatable bonds is 9. The first kappa shape index (κ1) is 23.7. The van der Waals surface area contributed by atoms with E-state index in [1.54, 1.807) is 30.3 Å². The number of ether oxygens (including phenoxy) is 4. The second-order valence-corrected chi connectivity index (χ2v) is 7.94. The molecule has 3 aromatic carbocycles. The summed E-state index contributed by atoms with van der Waals surface area (Å²) in [4.78, 5) is 12.3. The van der Waals surface area contributed by atoms with Gasteiger partial charge in [-0.2, -0.15) is 5.26 Å². The molecule has 3 aromatic rings. The van der Waals surface area contributed by atoms with Crippen molar-refractivity contribution in [3.8, 4) is 29.1 Å². The molecule has 0 aromatic heterocycles. The van der Waals surface area contributed by atoms with Crippen LogP contribution in [0.3, 0.4) is 0 Å². The zero-order valence-corrected chi connectivity index (χ0v) is 19.4. The van der Waals surface area contributed by atoms with Gasteiger partial charge >= 0.3 is 5.97 Å². The number of unbranched alkanes of at least 4 members (excludes halogenated alkanes) is 1. The Hall–Kier alpha value is -4.44. The Morgan fingerprint density at radius 1 is 1.00 bits per heavy atom. The number of esters is 1. The Morgan fingerprint density at radius 3 is 2.54 bits per heavy atom. The molecule has 7 heteroatoms. The topological polar surface area (TPSA) is 104 Å². The van der Waals surface area contributed by atoms with E-state index in [-0.39, 0.29) is 18.2 Å². The molecule has 1 unspecified atom stereocenters. The van der Waals surface area contributed by atoms with Gasteiger partial charge in [0, 0.05) is 17.2 Å². The molecule has 0 amide bonds. The second kappa shape index (κ2) is 11.1. The Morgan fingerprint density at radius 2 is 1.77 bits per heavy atom. The van der Waals surface area contributed by atoms with Gasteiger partial charge < -0.3 is 24.7 Å². The second-order valence-electron chi connectivity index (χ2n) is 7.94. The zero-order chi connectivity index (χ0) is 24.6. The van der Waals surface area contributed by atoms with Crippen molar-refractivity contribution in [2.45, 2.75) is 25.7 Å². The molecule has 0 bridgehead atoms. The van der Waals surface area contributed by atoms with Crippen LogP contribution in [0.2, 0.25) is 0 Å². The fraction of sp³-hybridized carbons (Fsp3) is 0.214. The number of hydrogen-bond acceptors (Lipinski definition) is 7. The smallest absolute Gasteiger partial charge is 0.349 e. The van der Waals surface area contributed by atoms with Crippen molar-refractivity contribution in [1.82, 2.24) is 0 Å². The van der Waals surface area contributed by atoms with Gasteiger partial charge in [-0.3, -0.25) is 0 Å². The summed E-state index contributed by atoms with van der Waals surface area (Å²) in [6, 6.07) is 23.8. The van der Waals surface area contributed by atoms with Gasteiger partial charge in [0.25, 0.3) is 0 Å². The van der Waals surface area contributed by atoms with Crippen molar-refractivity contribution in [3.05, 3.63) is 95.4 Å². The molecule has 35 heavy (non-hydrogen) atoms. The number of carbonyl (C=O) groups excluding carboxylic acids is 1. The molecule has 0 fully saturated rings. The highest BCUT2D eigenvalue weighted by Crippen LogP contribution is 2.45. The Balaban J connectivity index is 1.58. The van der Waals surface area contributed by atoms with E-state index in [1.807, 2.05) is 42.5 Å². The Labute approximate surface area is 204 Å². The highest BCUT2D eigenvalue weighted by Gasteiger charge is 2.33. The molecule has 178 valence electrons. The Kier molecular flexibility index (Phi) is 7.53. The van der Waals surface area contributed by atoms with Gasteiger partial charge in [-0.1, -0.05) is 55.8 Å². The van der Waals surface area contributed by atoms with E-state index < -0.39 is 11.9 Å². The molecular formula is C28H26N2O5. The normalized spacial score (nSPS) is 14.3. The molecule has 0 aliphatic carbocycles. The van der Waals surface area contributed by atoms with E-state index >= 15 is 0 Å². The van der Waals surface area contributed by atoms with Crippen molar-refractivity contribution >= 4 is 5.97 Å². The number of para-hydroxylation sites is 2. The van der Waals surface area contributed by atoms with Gasteiger partial charge in [-0.15, -0.1) is 0 Å². The maximum atomic E-state index is 12.3. The summed E-state index contributed by atoms with van der Waals surface area (Å²) in [6.45, 7) is 2.43. The third-order valence-corrected chi connectivity index (χ3v) is 5.51. The molecule has 0 saturated heterocycles. The van der Waals surface area contributed by atoms with Gasteiger partial charge in [-0.05, 0) is 30.7 Å². The van der Waals surface area contributed by atoms with Crippen LogP contribution in [0.15, 0.2) is 84.3 Å². The number of hydrogen-bond donors (Lipinski definition) is 1. The van der Waals surface area contributed by atoms with Crippen LogP contribution in [-0.4, -0.2) is 19.2 Å². The highest BCUT2D eigenvalue weighted by molar-refractivity contribution is 5.74. The summed E-state index contributed by atoms with van der Waals surface area (Å²) in [5.41, 5.74) is 7.97. The number of nitriles is 1. The SMILES string of the molecule is CCCCOc1ccccc1C1C(C#N)=C(N)Oc2cc(OC(=O)COc3ccccc3)ccc21. The number of allylic oxidation sites excluding steroid dienone is 1. The van der Waals surface area contributed by atoms with Crippen molar-refractivity contribution < 1.29 is 23.7 Å². The standard InChI is InChI=1S/C28H26N2O5/c1-2-3-15-32-24-12-8-7-11-21(24)27-22-14-13-20(16-25(22)35-28(30)23(27)17-29)34-26(31)18-33-19-9-5-4-6-10-19/h4-14,16,27H,2-3,15,18,30H2,1H3. The minimum atomic E-state index is -0.558. The first-order valence-electron chi connectivity index (χ1n) is 11.4. The molecule has 7 nitrogen and oxygen atoms in total. The number of fused-ring (bicyclic) bond motifs is 1. The fourth-order valence-corrected chi connectivity index (χ4v) is 3.82. The lowest BCUT2D eigenvalue weighted by Crippen LogP contribution is -2.22. The van der Waals surface area contributed by atoms with E-state index in [0.29, 0.717) is 29.4 Å². The zero-order valence-electron chi connectivity index (χ0n) is 19.4. The van der Waals surface area contributed by atoms with Gasteiger partial charge in [0.2, 0.25) is 5.88 Å². The third kappa shape index (κ3) is 5.56.